The minimum absolute atomic E-state index is 0.00982. The number of imidazole rings is 1. The van der Waals surface area contributed by atoms with E-state index < -0.39 is 0 Å². The second-order valence-electron chi connectivity index (χ2n) is 5.33. The number of carbonyl (C=O) groups excluding carboxylic acids is 1. The van der Waals surface area contributed by atoms with E-state index in [0.29, 0.717) is 11.8 Å². The van der Waals surface area contributed by atoms with E-state index >= 15 is 0 Å². The van der Waals surface area contributed by atoms with Gasteiger partial charge in [-0.25, -0.2) is 4.98 Å². The van der Waals surface area contributed by atoms with Crippen LogP contribution in [-0.4, -0.2) is 15.9 Å². The number of aromatic nitrogens is 2. The maximum atomic E-state index is 12.3. The summed E-state index contributed by atoms with van der Waals surface area (Å²) in [5.41, 5.74) is 0. The molecule has 1 fully saturated rings. The lowest BCUT2D eigenvalue weighted by molar-refractivity contribution is -0.126. The summed E-state index contributed by atoms with van der Waals surface area (Å²) in [6.45, 7) is 2.06. The lowest BCUT2D eigenvalue weighted by atomic mass is 9.92. The van der Waals surface area contributed by atoms with E-state index in [-0.39, 0.29) is 17.9 Å². The van der Waals surface area contributed by atoms with Crippen molar-refractivity contribution in [1.29, 1.82) is 0 Å². The largest absolute Gasteiger partial charge is 0.347 e. The molecule has 1 aromatic heterocycles. The first-order valence-corrected chi connectivity index (χ1v) is 6.76. The maximum Gasteiger partial charge on any atom is 0.224 e. The van der Waals surface area contributed by atoms with E-state index in [1.54, 1.807) is 12.4 Å². The van der Waals surface area contributed by atoms with Crippen LogP contribution in [0.4, 0.5) is 0 Å². The van der Waals surface area contributed by atoms with Crippen LogP contribution in [0, 0.1) is 17.8 Å². The average Bonchev–Trinajstić information content (AvgIpc) is 3.10. The Hall–Kier alpha value is -1.58. The van der Waals surface area contributed by atoms with Crippen LogP contribution in [0.15, 0.2) is 24.5 Å². The molecule has 1 saturated carbocycles. The molecule has 4 atom stereocenters. The van der Waals surface area contributed by atoms with Crippen molar-refractivity contribution in [3.05, 3.63) is 30.4 Å². The number of amides is 1. The fourth-order valence-corrected chi connectivity index (χ4v) is 3.19. The van der Waals surface area contributed by atoms with Gasteiger partial charge in [0.05, 0.1) is 6.04 Å². The zero-order valence-corrected chi connectivity index (χ0v) is 10.6. The number of nitrogens with zero attached hydrogens (tertiary/aromatic N) is 1. The summed E-state index contributed by atoms with van der Waals surface area (Å²) in [5.74, 6) is 2.31. The molecule has 2 aliphatic rings. The van der Waals surface area contributed by atoms with Crippen LogP contribution in [-0.2, 0) is 4.79 Å². The first kappa shape index (κ1) is 11.5. The number of H-pyrrole nitrogens is 1. The Morgan fingerprint density at radius 1 is 1.56 bits per heavy atom. The van der Waals surface area contributed by atoms with Crippen LogP contribution in [0.3, 0.4) is 0 Å². The summed E-state index contributed by atoms with van der Waals surface area (Å²) >= 11 is 0. The van der Waals surface area contributed by atoms with Crippen molar-refractivity contribution in [2.24, 2.45) is 17.8 Å². The van der Waals surface area contributed by atoms with E-state index in [1.165, 1.54) is 0 Å². The van der Waals surface area contributed by atoms with Gasteiger partial charge in [-0.1, -0.05) is 19.1 Å². The molecule has 1 heterocycles. The van der Waals surface area contributed by atoms with Gasteiger partial charge in [-0.05, 0) is 31.1 Å². The third-order valence-corrected chi connectivity index (χ3v) is 4.19. The average molecular weight is 245 g/mol. The molecule has 4 heteroatoms. The van der Waals surface area contributed by atoms with Gasteiger partial charge in [0.15, 0.2) is 0 Å². The van der Waals surface area contributed by atoms with E-state index in [1.807, 2.05) is 0 Å². The molecule has 0 aliphatic heterocycles. The van der Waals surface area contributed by atoms with Gasteiger partial charge in [0, 0.05) is 18.3 Å². The highest BCUT2D eigenvalue weighted by Gasteiger charge is 2.40. The van der Waals surface area contributed by atoms with E-state index in [0.717, 1.165) is 25.1 Å². The fourth-order valence-electron chi connectivity index (χ4n) is 3.19. The molecule has 0 saturated heterocycles. The molecule has 0 radical (unpaired) electrons. The fraction of sp³-hybridized carbons (Fsp3) is 0.571. The standard InChI is InChI=1S/C14H19N3O/c1-2-12(13-15-5-6-16-13)17-14(18)11-8-9-3-4-10(11)7-9/h3-6,9-12H,2,7-8H2,1H3,(H,15,16)(H,17,18). The predicted molar refractivity (Wildman–Crippen MR) is 68.6 cm³/mol. The molecule has 2 bridgehead atoms. The number of hydrogen-bond acceptors (Lipinski definition) is 2. The summed E-state index contributed by atoms with van der Waals surface area (Å²) in [4.78, 5) is 19.6. The van der Waals surface area contributed by atoms with Crippen molar-refractivity contribution in [1.82, 2.24) is 15.3 Å². The van der Waals surface area contributed by atoms with E-state index in [2.05, 4.69) is 34.4 Å². The molecular formula is C14H19N3O. The number of carbonyl (C=O) groups is 1. The molecule has 1 aromatic rings. The number of fused-ring (bicyclic) bond motifs is 2. The Kier molecular flexibility index (Phi) is 2.94. The molecule has 2 N–H and O–H groups in total. The molecule has 18 heavy (non-hydrogen) atoms. The summed E-state index contributed by atoms with van der Waals surface area (Å²) in [6.07, 6.45) is 11.0. The summed E-state index contributed by atoms with van der Waals surface area (Å²) in [6, 6.07) is 0.00982. The molecule has 4 nitrogen and oxygen atoms in total. The minimum Gasteiger partial charge on any atom is -0.347 e. The molecule has 3 rings (SSSR count). The molecule has 0 spiro atoms. The maximum absolute atomic E-state index is 12.3. The molecule has 0 aromatic carbocycles. The van der Waals surface area contributed by atoms with Gasteiger partial charge in [0.1, 0.15) is 5.82 Å². The Morgan fingerprint density at radius 3 is 3.00 bits per heavy atom. The number of rotatable bonds is 4. The van der Waals surface area contributed by atoms with Crippen LogP contribution < -0.4 is 5.32 Å². The van der Waals surface area contributed by atoms with Gasteiger partial charge in [-0.15, -0.1) is 0 Å². The van der Waals surface area contributed by atoms with Gasteiger partial charge in [-0.3, -0.25) is 4.79 Å². The smallest absolute Gasteiger partial charge is 0.224 e. The first-order chi connectivity index (χ1) is 8.78. The Balaban J connectivity index is 1.65. The van der Waals surface area contributed by atoms with Crippen molar-refractivity contribution >= 4 is 5.91 Å². The highest BCUT2D eigenvalue weighted by molar-refractivity contribution is 5.80. The van der Waals surface area contributed by atoms with Crippen molar-refractivity contribution in [3.8, 4) is 0 Å². The summed E-state index contributed by atoms with van der Waals surface area (Å²) < 4.78 is 0. The van der Waals surface area contributed by atoms with Crippen molar-refractivity contribution in [3.63, 3.8) is 0 Å². The van der Waals surface area contributed by atoms with E-state index in [4.69, 9.17) is 0 Å². The van der Waals surface area contributed by atoms with Crippen molar-refractivity contribution < 1.29 is 4.79 Å². The lowest BCUT2D eigenvalue weighted by Gasteiger charge is -2.21. The van der Waals surface area contributed by atoms with Crippen LogP contribution in [0.2, 0.25) is 0 Å². The molecular weight excluding hydrogens is 226 g/mol. The zero-order valence-electron chi connectivity index (χ0n) is 10.6. The van der Waals surface area contributed by atoms with Gasteiger partial charge in [0.25, 0.3) is 0 Å². The third-order valence-electron chi connectivity index (χ3n) is 4.19. The van der Waals surface area contributed by atoms with E-state index in [9.17, 15) is 4.79 Å². The molecule has 4 unspecified atom stereocenters. The Bertz CT molecular complexity index is 452. The van der Waals surface area contributed by atoms with Gasteiger partial charge < -0.3 is 10.3 Å². The highest BCUT2D eigenvalue weighted by Crippen LogP contribution is 2.43. The van der Waals surface area contributed by atoms with Crippen molar-refractivity contribution in [2.75, 3.05) is 0 Å². The van der Waals surface area contributed by atoms with Gasteiger partial charge >= 0.3 is 0 Å². The summed E-state index contributed by atoms with van der Waals surface area (Å²) in [5, 5.41) is 3.13. The number of nitrogens with one attached hydrogen (secondary N) is 2. The quantitative estimate of drug-likeness (QED) is 0.799. The second kappa shape index (κ2) is 4.59. The summed E-state index contributed by atoms with van der Waals surface area (Å²) in [7, 11) is 0. The number of allylic oxidation sites excluding steroid dienone is 2. The predicted octanol–water partition coefficient (Wildman–Crippen LogP) is 2.19. The highest BCUT2D eigenvalue weighted by atomic mass is 16.2. The van der Waals surface area contributed by atoms with Crippen LogP contribution >= 0.6 is 0 Å². The lowest BCUT2D eigenvalue weighted by Crippen LogP contribution is -2.35. The third kappa shape index (κ3) is 1.96. The van der Waals surface area contributed by atoms with Crippen LogP contribution in [0.5, 0.6) is 0 Å². The molecule has 96 valence electrons. The molecule has 1 amide bonds. The first-order valence-electron chi connectivity index (χ1n) is 6.76. The Labute approximate surface area is 107 Å². The molecule has 2 aliphatic carbocycles. The van der Waals surface area contributed by atoms with Gasteiger partial charge in [-0.2, -0.15) is 0 Å². The monoisotopic (exact) mass is 245 g/mol. The minimum atomic E-state index is 0.00982. The zero-order chi connectivity index (χ0) is 12.5. The Morgan fingerprint density at radius 2 is 2.44 bits per heavy atom. The SMILES string of the molecule is CCC(NC(=O)C1CC2C=CC1C2)c1ncc[nH]1. The van der Waals surface area contributed by atoms with Crippen LogP contribution in [0.25, 0.3) is 0 Å². The topological polar surface area (TPSA) is 57.8 Å². The second-order valence-corrected chi connectivity index (χ2v) is 5.33. The normalized spacial score (nSPS) is 30.6. The van der Waals surface area contributed by atoms with Crippen molar-refractivity contribution in [2.45, 2.75) is 32.2 Å². The van der Waals surface area contributed by atoms with Crippen LogP contribution in [0.1, 0.15) is 38.1 Å². The number of hydrogen-bond donors (Lipinski definition) is 2. The number of aromatic amines is 1. The van der Waals surface area contributed by atoms with Gasteiger partial charge in [0.2, 0.25) is 5.91 Å².